The SMILES string of the molecule is O=S(=O)(c1ccccc1)N1CCC(OCc2noc(C3CCCO3)n2)CC1. The molecule has 146 valence electrons. The van der Waals surface area contributed by atoms with Gasteiger partial charge in [-0.05, 0) is 37.8 Å². The maximum Gasteiger partial charge on any atom is 0.255 e. The highest BCUT2D eigenvalue weighted by Gasteiger charge is 2.30. The van der Waals surface area contributed by atoms with Gasteiger partial charge in [-0.25, -0.2) is 8.42 Å². The number of rotatable bonds is 6. The van der Waals surface area contributed by atoms with Crippen molar-refractivity contribution in [2.75, 3.05) is 19.7 Å². The van der Waals surface area contributed by atoms with Gasteiger partial charge >= 0.3 is 0 Å². The topological polar surface area (TPSA) is 94.8 Å². The van der Waals surface area contributed by atoms with Gasteiger partial charge in [0.05, 0.1) is 11.0 Å². The first-order valence-electron chi connectivity index (χ1n) is 9.24. The molecular formula is C18H23N3O5S. The normalized spacial score (nSPS) is 22.3. The molecule has 0 N–H and O–H groups in total. The molecule has 2 saturated heterocycles. The quantitative estimate of drug-likeness (QED) is 0.743. The molecule has 9 heteroatoms. The molecule has 0 saturated carbocycles. The van der Waals surface area contributed by atoms with Crippen molar-refractivity contribution >= 4 is 10.0 Å². The molecule has 0 aliphatic carbocycles. The number of hydrogen-bond acceptors (Lipinski definition) is 7. The van der Waals surface area contributed by atoms with Crippen molar-refractivity contribution in [2.45, 2.75) is 49.4 Å². The van der Waals surface area contributed by atoms with E-state index < -0.39 is 10.0 Å². The van der Waals surface area contributed by atoms with Gasteiger partial charge in [0.1, 0.15) is 12.7 Å². The Bertz CT molecular complexity index is 841. The summed E-state index contributed by atoms with van der Waals surface area (Å²) >= 11 is 0. The standard InChI is InChI=1S/C18H23N3O5S/c22-27(23,15-5-2-1-3-6-15)21-10-8-14(9-11-21)25-13-17-19-18(26-20-17)16-7-4-12-24-16/h1-3,5-6,14,16H,4,7-13H2. The first-order chi connectivity index (χ1) is 13.1. The van der Waals surface area contributed by atoms with Gasteiger partial charge in [-0.3, -0.25) is 0 Å². The molecule has 27 heavy (non-hydrogen) atoms. The molecule has 1 aromatic carbocycles. The van der Waals surface area contributed by atoms with Gasteiger partial charge in [0, 0.05) is 19.7 Å². The summed E-state index contributed by atoms with van der Waals surface area (Å²) in [5, 5.41) is 3.94. The largest absolute Gasteiger partial charge is 0.370 e. The average molecular weight is 393 g/mol. The molecule has 4 rings (SSSR count). The summed E-state index contributed by atoms with van der Waals surface area (Å²) in [5.74, 6) is 1.01. The Hall–Kier alpha value is -1.81. The zero-order valence-corrected chi connectivity index (χ0v) is 15.8. The number of aromatic nitrogens is 2. The third-order valence-corrected chi connectivity index (χ3v) is 6.83. The number of benzene rings is 1. The average Bonchev–Trinajstić information content (AvgIpc) is 3.39. The zero-order valence-electron chi connectivity index (χ0n) is 15.0. The smallest absolute Gasteiger partial charge is 0.255 e. The van der Waals surface area contributed by atoms with Crippen LogP contribution in [-0.4, -0.2) is 48.7 Å². The van der Waals surface area contributed by atoms with E-state index in [-0.39, 0.29) is 18.8 Å². The molecule has 3 heterocycles. The fraction of sp³-hybridized carbons (Fsp3) is 0.556. The van der Waals surface area contributed by atoms with E-state index in [0.29, 0.717) is 42.5 Å². The Kier molecular flexibility index (Phi) is 5.53. The lowest BCUT2D eigenvalue weighted by Crippen LogP contribution is -2.40. The molecule has 0 bridgehead atoms. The van der Waals surface area contributed by atoms with Crippen LogP contribution in [-0.2, 0) is 26.1 Å². The van der Waals surface area contributed by atoms with Crippen molar-refractivity contribution in [3.05, 3.63) is 42.0 Å². The summed E-state index contributed by atoms with van der Waals surface area (Å²) in [6.45, 7) is 1.86. The second kappa shape index (κ2) is 8.05. The highest BCUT2D eigenvalue weighted by atomic mass is 32.2. The van der Waals surface area contributed by atoms with Crippen molar-refractivity contribution in [1.29, 1.82) is 0 Å². The van der Waals surface area contributed by atoms with E-state index in [2.05, 4.69) is 10.1 Å². The van der Waals surface area contributed by atoms with Gasteiger partial charge in [0.2, 0.25) is 10.0 Å². The van der Waals surface area contributed by atoms with Gasteiger partial charge in [-0.2, -0.15) is 9.29 Å². The van der Waals surface area contributed by atoms with Gasteiger partial charge in [-0.15, -0.1) is 0 Å². The van der Waals surface area contributed by atoms with Crippen LogP contribution in [0.4, 0.5) is 0 Å². The van der Waals surface area contributed by atoms with E-state index in [1.165, 1.54) is 4.31 Å². The van der Waals surface area contributed by atoms with Crippen LogP contribution in [0.2, 0.25) is 0 Å². The highest BCUT2D eigenvalue weighted by molar-refractivity contribution is 7.89. The van der Waals surface area contributed by atoms with Crippen LogP contribution < -0.4 is 0 Å². The molecule has 2 aliphatic rings. The third kappa shape index (κ3) is 4.21. The number of piperidine rings is 1. The van der Waals surface area contributed by atoms with Crippen molar-refractivity contribution in [2.24, 2.45) is 0 Å². The fourth-order valence-corrected chi connectivity index (χ4v) is 4.89. The number of sulfonamides is 1. The van der Waals surface area contributed by atoms with E-state index in [9.17, 15) is 8.42 Å². The van der Waals surface area contributed by atoms with Crippen LogP contribution >= 0.6 is 0 Å². The monoisotopic (exact) mass is 393 g/mol. The van der Waals surface area contributed by atoms with Crippen LogP contribution in [0, 0.1) is 0 Å². The van der Waals surface area contributed by atoms with E-state index in [4.69, 9.17) is 14.0 Å². The molecule has 2 aliphatic heterocycles. The van der Waals surface area contributed by atoms with Gasteiger partial charge in [-0.1, -0.05) is 23.4 Å². The zero-order chi connectivity index (χ0) is 18.7. The van der Waals surface area contributed by atoms with Gasteiger partial charge < -0.3 is 14.0 Å². The van der Waals surface area contributed by atoms with Crippen molar-refractivity contribution < 1.29 is 22.4 Å². The van der Waals surface area contributed by atoms with Crippen LogP contribution in [0.15, 0.2) is 39.8 Å². The first kappa shape index (κ1) is 18.5. The predicted octanol–water partition coefficient (Wildman–Crippen LogP) is 2.29. The maximum absolute atomic E-state index is 12.6. The van der Waals surface area contributed by atoms with E-state index in [1.807, 2.05) is 0 Å². The minimum absolute atomic E-state index is 0.0168. The van der Waals surface area contributed by atoms with E-state index in [1.54, 1.807) is 30.3 Å². The van der Waals surface area contributed by atoms with Gasteiger partial charge in [0.15, 0.2) is 5.82 Å². The summed E-state index contributed by atoms with van der Waals surface area (Å²) < 4.78 is 43.4. The Balaban J connectivity index is 1.27. The molecule has 1 aromatic heterocycles. The van der Waals surface area contributed by atoms with Crippen LogP contribution in [0.3, 0.4) is 0 Å². The van der Waals surface area contributed by atoms with Crippen molar-refractivity contribution in [1.82, 2.24) is 14.4 Å². The molecule has 0 amide bonds. The summed E-state index contributed by atoms with van der Waals surface area (Å²) in [5.41, 5.74) is 0. The molecule has 1 unspecified atom stereocenters. The number of ether oxygens (including phenoxy) is 2. The Labute approximate surface area is 158 Å². The van der Waals surface area contributed by atoms with Crippen LogP contribution in [0.25, 0.3) is 0 Å². The molecule has 0 spiro atoms. The Morgan fingerprint density at radius 2 is 1.93 bits per heavy atom. The molecule has 0 radical (unpaired) electrons. The predicted molar refractivity (Wildman–Crippen MR) is 95.2 cm³/mol. The molecule has 2 fully saturated rings. The maximum atomic E-state index is 12.6. The Morgan fingerprint density at radius 1 is 1.15 bits per heavy atom. The van der Waals surface area contributed by atoms with Crippen LogP contribution in [0.5, 0.6) is 0 Å². The van der Waals surface area contributed by atoms with E-state index in [0.717, 1.165) is 19.4 Å². The second-order valence-electron chi connectivity index (χ2n) is 6.78. The highest BCUT2D eigenvalue weighted by Crippen LogP contribution is 2.27. The van der Waals surface area contributed by atoms with Crippen LogP contribution in [0.1, 0.15) is 43.5 Å². The molecule has 1 atom stereocenters. The van der Waals surface area contributed by atoms with E-state index >= 15 is 0 Å². The van der Waals surface area contributed by atoms with Crippen molar-refractivity contribution in [3.8, 4) is 0 Å². The second-order valence-corrected chi connectivity index (χ2v) is 8.72. The first-order valence-corrected chi connectivity index (χ1v) is 10.7. The number of nitrogens with zero attached hydrogens (tertiary/aromatic N) is 3. The molecule has 2 aromatic rings. The summed E-state index contributed by atoms with van der Waals surface area (Å²) in [7, 11) is -3.43. The lowest BCUT2D eigenvalue weighted by molar-refractivity contribution is 0.00637. The van der Waals surface area contributed by atoms with Gasteiger partial charge in [0.25, 0.3) is 5.89 Å². The lowest BCUT2D eigenvalue weighted by atomic mass is 10.1. The lowest BCUT2D eigenvalue weighted by Gasteiger charge is -2.30. The summed E-state index contributed by atoms with van der Waals surface area (Å²) in [6, 6.07) is 8.53. The fourth-order valence-electron chi connectivity index (χ4n) is 3.40. The molecule has 8 nitrogen and oxygen atoms in total. The van der Waals surface area contributed by atoms with Crippen molar-refractivity contribution in [3.63, 3.8) is 0 Å². The summed E-state index contributed by atoms with van der Waals surface area (Å²) in [6.07, 6.45) is 3.07. The minimum Gasteiger partial charge on any atom is -0.370 e. The summed E-state index contributed by atoms with van der Waals surface area (Å²) in [4.78, 5) is 4.67. The number of hydrogen-bond donors (Lipinski definition) is 0. The Morgan fingerprint density at radius 3 is 2.63 bits per heavy atom. The molecular weight excluding hydrogens is 370 g/mol. The third-order valence-electron chi connectivity index (χ3n) is 4.92. The minimum atomic E-state index is -3.43.